The van der Waals surface area contributed by atoms with E-state index in [-0.39, 0.29) is 5.91 Å². The fourth-order valence-corrected chi connectivity index (χ4v) is 1.99. The predicted octanol–water partition coefficient (Wildman–Crippen LogP) is 4.53. The minimum atomic E-state index is -0.0176. The van der Waals surface area contributed by atoms with Crippen molar-refractivity contribution in [2.75, 3.05) is 10.6 Å². The van der Waals surface area contributed by atoms with Crippen LogP contribution in [0.15, 0.2) is 36.5 Å². The number of nitrogens with zero attached hydrogens (tertiary/aromatic N) is 1. The Bertz CT molecular complexity index is 626. The van der Waals surface area contributed by atoms with Gasteiger partial charge in [0, 0.05) is 17.1 Å². The number of anilines is 3. The van der Waals surface area contributed by atoms with E-state index in [1.807, 2.05) is 38.1 Å². The molecule has 0 aliphatic rings. The Balaban J connectivity index is 2.01. The summed E-state index contributed by atoms with van der Waals surface area (Å²) in [5.74, 6) is 0.539. The van der Waals surface area contributed by atoms with Gasteiger partial charge < -0.3 is 10.6 Å². The highest BCUT2D eigenvalue weighted by molar-refractivity contribution is 6.31. The van der Waals surface area contributed by atoms with Crippen molar-refractivity contribution in [1.29, 1.82) is 0 Å². The van der Waals surface area contributed by atoms with Crippen molar-refractivity contribution >= 4 is 34.7 Å². The number of hydrogen-bond donors (Lipinski definition) is 2. The molecule has 4 nitrogen and oxygen atoms in total. The fraction of sp³-hybridized carbons (Fsp3) is 0.250. The number of aryl methyl sites for hydroxylation is 1. The maximum atomic E-state index is 11.5. The van der Waals surface area contributed by atoms with E-state index in [2.05, 4.69) is 15.6 Å². The highest BCUT2D eigenvalue weighted by Crippen LogP contribution is 2.23. The zero-order chi connectivity index (χ0) is 15.2. The van der Waals surface area contributed by atoms with E-state index in [4.69, 9.17) is 11.6 Å². The second-order valence-electron chi connectivity index (χ2n) is 4.82. The number of rotatable bonds is 5. The summed E-state index contributed by atoms with van der Waals surface area (Å²) >= 11 is 6.09. The Labute approximate surface area is 129 Å². The van der Waals surface area contributed by atoms with Crippen LogP contribution in [0, 0.1) is 6.92 Å². The zero-order valence-electron chi connectivity index (χ0n) is 12.1. The Hall–Kier alpha value is -2.07. The van der Waals surface area contributed by atoms with Crippen LogP contribution >= 0.6 is 11.6 Å². The first-order valence-electron chi connectivity index (χ1n) is 6.87. The number of carbonyl (C=O) groups is 1. The summed E-state index contributed by atoms with van der Waals surface area (Å²) in [5, 5.41) is 6.69. The summed E-state index contributed by atoms with van der Waals surface area (Å²) in [6, 6.07) is 9.41. The Morgan fingerprint density at radius 2 is 2.00 bits per heavy atom. The van der Waals surface area contributed by atoms with Gasteiger partial charge >= 0.3 is 0 Å². The maximum Gasteiger partial charge on any atom is 0.225 e. The van der Waals surface area contributed by atoms with Crippen LogP contribution in [-0.4, -0.2) is 10.9 Å². The van der Waals surface area contributed by atoms with E-state index < -0.39 is 0 Å². The zero-order valence-corrected chi connectivity index (χ0v) is 12.9. The normalized spacial score (nSPS) is 10.2. The van der Waals surface area contributed by atoms with Gasteiger partial charge in [-0.3, -0.25) is 4.79 Å². The van der Waals surface area contributed by atoms with Gasteiger partial charge in [-0.2, -0.15) is 0 Å². The van der Waals surface area contributed by atoms with Crippen LogP contribution in [0.2, 0.25) is 5.02 Å². The third-order valence-corrected chi connectivity index (χ3v) is 3.38. The molecule has 21 heavy (non-hydrogen) atoms. The molecule has 2 aromatic rings. The number of nitrogens with one attached hydrogen (secondary N) is 2. The van der Waals surface area contributed by atoms with Crippen molar-refractivity contribution < 1.29 is 4.79 Å². The van der Waals surface area contributed by atoms with Gasteiger partial charge in [-0.1, -0.05) is 24.6 Å². The van der Waals surface area contributed by atoms with E-state index in [1.165, 1.54) is 0 Å². The number of hydrogen-bond acceptors (Lipinski definition) is 3. The Morgan fingerprint density at radius 1 is 1.24 bits per heavy atom. The molecule has 1 aromatic heterocycles. The fourth-order valence-electron chi connectivity index (χ4n) is 1.81. The third-order valence-electron chi connectivity index (χ3n) is 2.97. The lowest BCUT2D eigenvalue weighted by molar-refractivity contribution is -0.116. The summed E-state index contributed by atoms with van der Waals surface area (Å²) in [6.07, 6.45) is 3.00. The summed E-state index contributed by atoms with van der Waals surface area (Å²) < 4.78 is 0. The molecule has 0 aliphatic carbocycles. The van der Waals surface area contributed by atoms with Crippen molar-refractivity contribution in [1.82, 2.24) is 4.98 Å². The highest BCUT2D eigenvalue weighted by atomic mass is 35.5. The molecule has 0 saturated heterocycles. The van der Waals surface area contributed by atoms with Crippen LogP contribution in [0.25, 0.3) is 0 Å². The van der Waals surface area contributed by atoms with E-state index in [0.717, 1.165) is 28.4 Å². The maximum absolute atomic E-state index is 11.5. The largest absolute Gasteiger partial charge is 0.354 e. The molecule has 110 valence electrons. The second-order valence-corrected chi connectivity index (χ2v) is 5.23. The molecule has 0 saturated carbocycles. The van der Waals surface area contributed by atoms with Gasteiger partial charge in [0.2, 0.25) is 5.91 Å². The second kappa shape index (κ2) is 7.09. The first-order chi connectivity index (χ1) is 10.1. The van der Waals surface area contributed by atoms with Crippen molar-refractivity contribution in [2.24, 2.45) is 0 Å². The first-order valence-corrected chi connectivity index (χ1v) is 7.25. The molecular formula is C16H18ClN3O. The van der Waals surface area contributed by atoms with Crippen LogP contribution in [0.3, 0.4) is 0 Å². The SMILES string of the molecule is CCCC(=O)Nc1ccc(Nc2ccc(C)c(Cl)c2)cn1. The van der Waals surface area contributed by atoms with Crippen LogP contribution in [-0.2, 0) is 4.79 Å². The number of halogens is 1. The number of benzene rings is 1. The van der Waals surface area contributed by atoms with Crippen molar-refractivity contribution in [2.45, 2.75) is 26.7 Å². The third kappa shape index (κ3) is 4.46. The Kier molecular flexibility index (Phi) is 5.17. The van der Waals surface area contributed by atoms with Gasteiger partial charge in [0.1, 0.15) is 5.82 Å². The minimum Gasteiger partial charge on any atom is -0.354 e. The van der Waals surface area contributed by atoms with Gasteiger partial charge in [-0.15, -0.1) is 0 Å². The quantitative estimate of drug-likeness (QED) is 0.853. The molecule has 0 fully saturated rings. The standard InChI is InChI=1S/C16H18ClN3O/c1-3-4-16(21)20-15-8-7-13(10-18-15)19-12-6-5-11(2)14(17)9-12/h5-10,19H,3-4H2,1-2H3,(H,18,20,21). The molecule has 0 radical (unpaired) electrons. The molecule has 0 unspecified atom stereocenters. The molecule has 5 heteroatoms. The molecule has 0 spiro atoms. The molecule has 1 amide bonds. The van der Waals surface area contributed by atoms with E-state index in [9.17, 15) is 4.79 Å². The van der Waals surface area contributed by atoms with Crippen LogP contribution in [0.5, 0.6) is 0 Å². The monoisotopic (exact) mass is 303 g/mol. The molecule has 1 heterocycles. The van der Waals surface area contributed by atoms with Gasteiger partial charge in [-0.25, -0.2) is 4.98 Å². The first kappa shape index (κ1) is 15.3. The summed E-state index contributed by atoms with van der Waals surface area (Å²) in [5.41, 5.74) is 2.77. The summed E-state index contributed by atoms with van der Waals surface area (Å²) in [6.45, 7) is 3.92. The highest BCUT2D eigenvalue weighted by Gasteiger charge is 2.03. The van der Waals surface area contributed by atoms with Crippen molar-refractivity contribution in [3.8, 4) is 0 Å². The molecule has 0 aliphatic heterocycles. The van der Waals surface area contributed by atoms with Crippen molar-refractivity contribution in [3.63, 3.8) is 0 Å². The van der Waals surface area contributed by atoms with Gasteiger partial charge in [-0.05, 0) is 43.2 Å². The lowest BCUT2D eigenvalue weighted by Gasteiger charge is -2.09. The molecule has 2 rings (SSSR count). The average molecular weight is 304 g/mol. The smallest absolute Gasteiger partial charge is 0.225 e. The number of amides is 1. The van der Waals surface area contributed by atoms with Crippen LogP contribution < -0.4 is 10.6 Å². The van der Waals surface area contributed by atoms with Gasteiger partial charge in [0.15, 0.2) is 0 Å². The number of pyridine rings is 1. The molecule has 2 N–H and O–H groups in total. The molecule has 1 aromatic carbocycles. The number of carbonyl (C=O) groups excluding carboxylic acids is 1. The molecule has 0 bridgehead atoms. The van der Waals surface area contributed by atoms with Gasteiger partial charge in [0.25, 0.3) is 0 Å². The van der Waals surface area contributed by atoms with Crippen molar-refractivity contribution in [3.05, 3.63) is 47.1 Å². The van der Waals surface area contributed by atoms with E-state index >= 15 is 0 Å². The van der Waals surface area contributed by atoms with E-state index in [1.54, 1.807) is 12.3 Å². The number of aromatic nitrogens is 1. The van der Waals surface area contributed by atoms with Crippen LogP contribution in [0.4, 0.5) is 17.2 Å². The topological polar surface area (TPSA) is 54.0 Å². The summed E-state index contributed by atoms with van der Waals surface area (Å²) in [7, 11) is 0. The molecule has 0 atom stereocenters. The van der Waals surface area contributed by atoms with Crippen LogP contribution in [0.1, 0.15) is 25.3 Å². The predicted molar refractivity (Wildman–Crippen MR) is 87.2 cm³/mol. The summed E-state index contributed by atoms with van der Waals surface area (Å²) in [4.78, 5) is 15.7. The lowest BCUT2D eigenvalue weighted by Crippen LogP contribution is -2.11. The average Bonchev–Trinajstić information content (AvgIpc) is 2.45. The molecular weight excluding hydrogens is 286 g/mol. The minimum absolute atomic E-state index is 0.0176. The lowest BCUT2D eigenvalue weighted by atomic mass is 10.2. The van der Waals surface area contributed by atoms with E-state index in [0.29, 0.717) is 12.2 Å². The van der Waals surface area contributed by atoms with Gasteiger partial charge in [0.05, 0.1) is 11.9 Å². The Morgan fingerprint density at radius 3 is 2.62 bits per heavy atom.